The van der Waals surface area contributed by atoms with Crippen molar-refractivity contribution in [1.82, 2.24) is 5.32 Å². The molecule has 0 aliphatic heterocycles. The number of rotatable bonds is 4. The summed E-state index contributed by atoms with van der Waals surface area (Å²) in [6.07, 6.45) is 0. The lowest BCUT2D eigenvalue weighted by Gasteiger charge is -2.07. The zero-order valence-corrected chi connectivity index (χ0v) is 12.0. The summed E-state index contributed by atoms with van der Waals surface area (Å²) in [4.78, 5) is 1.19. The van der Waals surface area contributed by atoms with E-state index in [0.717, 1.165) is 4.47 Å². The summed E-state index contributed by atoms with van der Waals surface area (Å²) in [7, 11) is 0. The van der Waals surface area contributed by atoms with Crippen molar-refractivity contribution in [3.63, 3.8) is 0 Å². The lowest BCUT2D eigenvalue weighted by molar-refractivity contribution is 0.589. The number of thiophene rings is 1. The highest BCUT2D eigenvalue weighted by Crippen LogP contribution is 2.23. The van der Waals surface area contributed by atoms with E-state index in [4.69, 9.17) is 11.6 Å². The molecule has 5 heteroatoms. The Kier molecular flexibility index (Phi) is 4.56. The fraction of sp³-hybridized carbons (Fsp3) is 0.167. The monoisotopic (exact) mass is 333 g/mol. The second kappa shape index (κ2) is 5.96. The second-order valence-electron chi connectivity index (χ2n) is 3.50. The topological polar surface area (TPSA) is 12.0 Å². The molecule has 2 rings (SSSR count). The average Bonchev–Trinajstić information content (AvgIpc) is 2.69. The fourth-order valence-corrected chi connectivity index (χ4v) is 3.15. The zero-order chi connectivity index (χ0) is 12.3. The van der Waals surface area contributed by atoms with Gasteiger partial charge in [0.2, 0.25) is 0 Å². The molecule has 90 valence electrons. The van der Waals surface area contributed by atoms with Crippen LogP contribution >= 0.6 is 38.9 Å². The maximum Gasteiger partial charge on any atom is 0.129 e. The van der Waals surface area contributed by atoms with Crippen LogP contribution in [0.3, 0.4) is 0 Å². The molecule has 17 heavy (non-hydrogen) atoms. The van der Waals surface area contributed by atoms with E-state index in [1.165, 1.54) is 10.9 Å². The first-order valence-electron chi connectivity index (χ1n) is 5.04. The first-order valence-corrected chi connectivity index (χ1v) is 7.09. The predicted octanol–water partition coefficient (Wildman–Crippen LogP) is 4.59. The van der Waals surface area contributed by atoms with E-state index in [2.05, 4.69) is 21.2 Å². The van der Waals surface area contributed by atoms with Crippen molar-refractivity contribution in [2.45, 2.75) is 13.1 Å². The molecule has 0 bridgehead atoms. The van der Waals surface area contributed by atoms with E-state index in [-0.39, 0.29) is 5.82 Å². The van der Waals surface area contributed by atoms with Crippen LogP contribution in [0.5, 0.6) is 0 Å². The first kappa shape index (κ1) is 13.0. The molecule has 0 atom stereocenters. The summed E-state index contributed by atoms with van der Waals surface area (Å²) in [6.45, 7) is 1.12. The molecule has 0 saturated heterocycles. The third-order valence-corrected chi connectivity index (χ3v) is 4.62. The van der Waals surface area contributed by atoms with Crippen molar-refractivity contribution >= 4 is 38.9 Å². The van der Waals surface area contributed by atoms with Gasteiger partial charge in [0.1, 0.15) is 5.82 Å². The molecular formula is C12H10BrClFNS. The largest absolute Gasteiger partial charge is 0.308 e. The van der Waals surface area contributed by atoms with E-state index in [1.807, 2.05) is 11.4 Å². The Morgan fingerprint density at radius 3 is 2.76 bits per heavy atom. The molecule has 1 heterocycles. The number of halogens is 3. The van der Waals surface area contributed by atoms with E-state index >= 15 is 0 Å². The summed E-state index contributed by atoms with van der Waals surface area (Å²) < 4.78 is 14.5. The van der Waals surface area contributed by atoms with Crippen molar-refractivity contribution in [1.29, 1.82) is 0 Å². The number of benzene rings is 1. The third kappa shape index (κ3) is 3.28. The highest BCUT2D eigenvalue weighted by atomic mass is 79.9. The minimum absolute atomic E-state index is 0.268. The molecule has 0 spiro atoms. The minimum Gasteiger partial charge on any atom is -0.308 e. The summed E-state index contributed by atoms with van der Waals surface area (Å²) in [5.74, 6) is -0.268. The van der Waals surface area contributed by atoms with Crippen LogP contribution in [-0.4, -0.2) is 0 Å². The van der Waals surface area contributed by atoms with Gasteiger partial charge < -0.3 is 5.32 Å². The maximum atomic E-state index is 13.5. The standard InChI is InChI=1S/C12H10BrClFNS/c13-9-4-5-17-12(9)7-16-6-8-10(14)2-1-3-11(8)15/h1-5,16H,6-7H2. The van der Waals surface area contributed by atoms with Crippen molar-refractivity contribution < 1.29 is 4.39 Å². The quantitative estimate of drug-likeness (QED) is 0.862. The van der Waals surface area contributed by atoms with Crippen LogP contribution in [0.1, 0.15) is 10.4 Å². The van der Waals surface area contributed by atoms with Gasteiger partial charge in [-0.15, -0.1) is 11.3 Å². The van der Waals surface area contributed by atoms with Crippen molar-refractivity contribution in [2.75, 3.05) is 0 Å². The van der Waals surface area contributed by atoms with Gasteiger partial charge in [0.05, 0.1) is 0 Å². The Balaban J connectivity index is 1.97. The summed E-state index contributed by atoms with van der Waals surface area (Å²) in [6, 6.07) is 6.72. The molecule has 1 aromatic heterocycles. The SMILES string of the molecule is Fc1cccc(Cl)c1CNCc1sccc1Br. The summed E-state index contributed by atoms with van der Waals surface area (Å²) in [5, 5.41) is 5.65. The van der Waals surface area contributed by atoms with Gasteiger partial charge in [-0.1, -0.05) is 17.7 Å². The molecule has 1 N–H and O–H groups in total. The van der Waals surface area contributed by atoms with Crippen LogP contribution in [0.15, 0.2) is 34.1 Å². The lowest BCUT2D eigenvalue weighted by Crippen LogP contribution is -2.13. The number of nitrogens with one attached hydrogen (secondary N) is 1. The van der Waals surface area contributed by atoms with Crippen molar-refractivity contribution in [3.8, 4) is 0 Å². The van der Waals surface area contributed by atoms with E-state index in [9.17, 15) is 4.39 Å². The van der Waals surface area contributed by atoms with Crippen LogP contribution in [0.2, 0.25) is 5.02 Å². The van der Waals surface area contributed by atoms with Gasteiger partial charge in [0.25, 0.3) is 0 Å². The Morgan fingerprint density at radius 2 is 2.12 bits per heavy atom. The molecule has 0 fully saturated rings. The highest BCUT2D eigenvalue weighted by Gasteiger charge is 2.07. The van der Waals surface area contributed by atoms with E-state index in [1.54, 1.807) is 23.5 Å². The van der Waals surface area contributed by atoms with Gasteiger partial charge in [-0.2, -0.15) is 0 Å². The number of hydrogen-bond donors (Lipinski definition) is 1. The first-order chi connectivity index (χ1) is 8.18. The highest BCUT2D eigenvalue weighted by molar-refractivity contribution is 9.10. The van der Waals surface area contributed by atoms with Gasteiger partial charge in [-0.25, -0.2) is 4.39 Å². The molecule has 0 aliphatic rings. The van der Waals surface area contributed by atoms with Crippen LogP contribution in [0.4, 0.5) is 4.39 Å². The second-order valence-corrected chi connectivity index (χ2v) is 5.76. The van der Waals surface area contributed by atoms with Crippen molar-refractivity contribution in [2.24, 2.45) is 0 Å². The Bertz CT molecular complexity index is 495. The predicted molar refractivity (Wildman–Crippen MR) is 74.0 cm³/mol. The Morgan fingerprint density at radius 1 is 1.29 bits per heavy atom. The molecule has 0 amide bonds. The smallest absolute Gasteiger partial charge is 0.129 e. The van der Waals surface area contributed by atoms with Gasteiger partial charge in [-0.3, -0.25) is 0 Å². The van der Waals surface area contributed by atoms with Crippen LogP contribution in [-0.2, 0) is 13.1 Å². The van der Waals surface area contributed by atoms with Gasteiger partial charge in [0, 0.05) is 33.0 Å². The normalized spacial score (nSPS) is 10.8. The number of hydrogen-bond acceptors (Lipinski definition) is 2. The average molecular weight is 335 g/mol. The Hall–Kier alpha value is -0.420. The van der Waals surface area contributed by atoms with Gasteiger partial charge >= 0.3 is 0 Å². The molecule has 1 aromatic carbocycles. The zero-order valence-electron chi connectivity index (χ0n) is 8.84. The molecule has 1 nitrogen and oxygen atoms in total. The van der Waals surface area contributed by atoms with Crippen LogP contribution in [0.25, 0.3) is 0 Å². The third-order valence-electron chi connectivity index (χ3n) is 2.34. The molecule has 0 unspecified atom stereocenters. The van der Waals surface area contributed by atoms with E-state index < -0.39 is 0 Å². The van der Waals surface area contributed by atoms with Gasteiger partial charge in [0.15, 0.2) is 0 Å². The van der Waals surface area contributed by atoms with Crippen LogP contribution in [0, 0.1) is 5.82 Å². The summed E-state index contributed by atoms with van der Waals surface area (Å²) in [5.41, 5.74) is 0.516. The molecule has 2 aromatic rings. The van der Waals surface area contributed by atoms with Gasteiger partial charge in [-0.05, 0) is 39.5 Å². The minimum atomic E-state index is -0.268. The maximum absolute atomic E-state index is 13.5. The van der Waals surface area contributed by atoms with E-state index in [0.29, 0.717) is 23.7 Å². The van der Waals surface area contributed by atoms with Crippen molar-refractivity contribution in [3.05, 3.63) is 55.4 Å². The molecule has 0 radical (unpaired) electrons. The molecular weight excluding hydrogens is 325 g/mol. The molecule has 0 aliphatic carbocycles. The molecule has 0 saturated carbocycles. The summed E-state index contributed by atoms with van der Waals surface area (Å²) >= 11 is 11.0. The Labute approximate surface area is 117 Å². The lowest BCUT2D eigenvalue weighted by atomic mass is 10.2. The fourth-order valence-electron chi connectivity index (χ4n) is 1.45. The van der Waals surface area contributed by atoms with Crippen LogP contribution < -0.4 is 5.32 Å².